The zero-order valence-corrected chi connectivity index (χ0v) is 22.1. The number of aromatic nitrogens is 1. The van der Waals surface area contributed by atoms with Gasteiger partial charge >= 0.3 is 6.18 Å². The Morgan fingerprint density at radius 3 is 2.29 bits per heavy atom. The molecular weight excluding hydrogens is 522 g/mol. The van der Waals surface area contributed by atoms with Gasteiger partial charge < -0.3 is 11.1 Å². The molecule has 0 aliphatic heterocycles. The minimum absolute atomic E-state index is 0.0976. The first kappa shape index (κ1) is 29.2. The van der Waals surface area contributed by atoms with Gasteiger partial charge in [0.05, 0.1) is 11.6 Å². The largest absolute Gasteiger partial charge is 0.433 e. The summed E-state index contributed by atoms with van der Waals surface area (Å²) in [6.45, 7) is 5.34. The molecule has 1 amide bonds. The zero-order chi connectivity index (χ0) is 28.4. The lowest BCUT2D eigenvalue weighted by Crippen LogP contribution is -2.28. The minimum atomic E-state index is -4.64. The average Bonchev–Trinajstić information content (AvgIpc) is 2.85. The van der Waals surface area contributed by atoms with Gasteiger partial charge in [0.15, 0.2) is 9.84 Å². The van der Waals surface area contributed by atoms with Gasteiger partial charge in [0.1, 0.15) is 16.9 Å². The van der Waals surface area contributed by atoms with Crippen molar-refractivity contribution in [3.63, 3.8) is 0 Å². The monoisotopic (exact) mass is 551 g/mol. The van der Waals surface area contributed by atoms with E-state index in [0.29, 0.717) is 11.1 Å². The summed E-state index contributed by atoms with van der Waals surface area (Å²) in [4.78, 5) is 16.7. The van der Waals surface area contributed by atoms with E-state index in [2.05, 4.69) is 10.3 Å². The first-order valence-electron chi connectivity index (χ1n) is 11.8. The molecule has 3 aromatic rings. The highest BCUT2D eigenvalue weighted by atomic mass is 32.2. The quantitative estimate of drug-likeness (QED) is 0.363. The second kappa shape index (κ2) is 11.2. The lowest BCUT2D eigenvalue weighted by atomic mass is 9.97. The highest BCUT2D eigenvalue weighted by molar-refractivity contribution is 7.90. The van der Waals surface area contributed by atoms with Crippen LogP contribution < -0.4 is 11.1 Å². The standard InChI is InChI=1S/C27H29F4N3O3S/c1-15(2)17-6-5-7-19(12-17)24-20(9-11-23(34-24)27(29,30)31)14-33-26(35)16(3)18-8-10-21(22(28)13-18)25(32)38(4,36)37/h5-13,15-16,25H,14,32H2,1-4H3,(H,33,35). The van der Waals surface area contributed by atoms with Gasteiger partial charge in [-0.2, -0.15) is 13.2 Å². The molecule has 2 aromatic carbocycles. The molecule has 2 atom stereocenters. The molecule has 1 heterocycles. The van der Waals surface area contributed by atoms with Crippen LogP contribution in [0.25, 0.3) is 11.3 Å². The van der Waals surface area contributed by atoms with E-state index in [0.717, 1.165) is 24.0 Å². The SMILES string of the molecule is CC(C)c1cccc(-c2nc(C(F)(F)F)ccc2CNC(=O)C(C)c2ccc(C(N)S(C)(=O)=O)c(F)c2)c1. The Bertz CT molecular complexity index is 1440. The molecule has 38 heavy (non-hydrogen) atoms. The number of halogens is 4. The van der Waals surface area contributed by atoms with Crippen molar-refractivity contribution in [2.24, 2.45) is 5.73 Å². The molecule has 0 bridgehead atoms. The van der Waals surface area contributed by atoms with Crippen molar-refractivity contribution in [3.8, 4) is 11.3 Å². The number of amides is 1. The molecule has 2 unspecified atom stereocenters. The molecule has 0 saturated carbocycles. The van der Waals surface area contributed by atoms with Crippen LogP contribution in [0.5, 0.6) is 0 Å². The molecule has 204 valence electrons. The highest BCUT2D eigenvalue weighted by Crippen LogP contribution is 2.32. The van der Waals surface area contributed by atoms with Crippen molar-refractivity contribution < 1.29 is 30.8 Å². The Labute approximate surface area is 219 Å². The second-order valence-corrected chi connectivity index (χ2v) is 11.6. The smallest absolute Gasteiger partial charge is 0.351 e. The van der Waals surface area contributed by atoms with Crippen LogP contribution in [0.1, 0.15) is 65.9 Å². The molecule has 3 rings (SSSR count). The lowest BCUT2D eigenvalue weighted by molar-refractivity contribution is -0.141. The van der Waals surface area contributed by atoms with Gasteiger partial charge in [0.2, 0.25) is 5.91 Å². The van der Waals surface area contributed by atoms with Crippen molar-refractivity contribution in [2.45, 2.75) is 50.7 Å². The number of hydrogen-bond donors (Lipinski definition) is 2. The summed E-state index contributed by atoms with van der Waals surface area (Å²) in [6, 6.07) is 12.9. The Kier molecular flexibility index (Phi) is 8.62. The first-order valence-corrected chi connectivity index (χ1v) is 13.7. The summed E-state index contributed by atoms with van der Waals surface area (Å²) in [6.07, 6.45) is -3.75. The first-order chi connectivity index (χ1) is 17.6. The third-order valence-electron chi connectivity index (χ3n) is 6.23. The van der Waals surface area contributed by atoms with E-state index in [1.54, 1.807) is 18.2 Å². The number of benzene rings is 2. The summed E-state index contributed by atoms with van der Waals surface area (Å²) in [7, 11) is -3.73. The number of alkyl halides is 3. The zero-order valence-electron chi connectivity index (χ0n) is 21.3. The van der Waals surface area contributed by atoms with E-state index < -0.39 is 44.7 Å². The topological polar surface area (TPSA) is 102 Å². The van der Waals surface area contributed by atoms with Crippen LogP contribution >= 0.6 is 0 Å². The Morgan fingerprint density at radius 2 is 1.71 bits per heavy atom. The summed E-state index contributed by atoms with van der Waals surface area (Å²) in [5.74, 6) is -2.07. The van der Waals surface area contributed by atoms with Crippen molar-refractivity contribution >= 4 is 15.7 Å². The third-order valence-corrected chi connectivity index (χ3v) is 7.41. The van der Waals surface area contributed by atoms with E-state index in [4.69, 9.17) is 5.73 Å². The second-order valence-electron chi connectivity index (χ2n) is 9.45. The number of sulfone groups is 1. The van der Waals surface area contributed by atoms with Gasteiger partial charge in [-0.25, -0.2) is 17.8 Å². The van der Waals surface area contributed by atoms with E-state index in [1.807, 2.05) is 19.9 Å². The van der Waals surface area contributed by atoms with Gasteiger partial charge in [-0.1, -0.05) is 50.2 Å². The van der Waals surface area contributed by atoms with Crippen molar-refractivity contribution in [2.75, 3.05) is 6.26 Å². The number of rotatable bonds is 8. The number of nitrogens with two attached hydrogens (primary N) is 1. The fourth-order valence-electron chi connectivity index (χ4n) is 3.84. The maximum absolute atomic E-state index is 14.6. The number of carbonyl (C=O) groups is 1. The Hall–Kier alpha value is -3.31. The van der Waals surface area contributed by atoms with Crippen LogP contribution in [0.2, 0.25) is 0 Å². The summed E-state index contributed by atoms with van der Waals surface area (Å²) >= 11 is 0. The normalized spacial score (nSPS) is 13.8. The van der Waals surface area contributed by atoms with Crippen molar-refractivity contribution in [3.05, 3.63) is 88.4 Å². The van der Waals surface area contributed by atoms with Crippen molar-refractivity contribution in [1.82, 2.24) is 10.3 Å². The number of carbonyl (C=O) groups excluding carboxylic acids is 1. The Balaban J connectivity index is 1.86. The van der Waals surface area contributed by atoms with Gasteiger partial charge in [0, 0.05) is 23.9 Å². The fourth-order valence-corrected chi connectivity index (χ4v) is 4.50. The van der Waals surface area contributed by atoms with Gasteiger partial charge in [0.25, 0.3) is 0 Å². The Morgan fingerprint density at radius 1 is 1.03 bits per heavy atom. The van der Waals surface area contributed by atoms with Gasteiger partial charge in [-0.05, 0) is 47.7 Å². The van der Waals surface area contributed by atoms with Gasteiger partial charge in [-0.3, -0.25) is 4.79 Å². The lowest BCUT2D eigenvalue weighted by Gasteiger charge is -2.17. The molecule has 0 saturated heterocycles. The molecule has 0 aliphatic carbocycles. The fraction of sp³-hybridized carbons (Fsp3) is 0.333. The predicted molar refractivity (Wildman–Crippen MR) is 137 cm³/mol. The minimum Gasteiger partial charge on any atom is -0.351 e. The molecule has 0 radical (unpaired) electrons. The number of nitrogens with one attached hydrogen (secondary N) is 1. The van der Waals surface area contributed by atoms with Crippen LogP contribution in [0.15, 0.2) is 54.6 Å². The van der Waals surface area contributed by atoms with E-state index >= 15 is 0 Å². The molecule has 11 heteroatoms. The summed E-state index contributed by atoms with van der Waals surface area (Å²) < 4.78 is 78.1. The van der Waals surface area contributed by atoms with E-state index in [9.17, 15) is 30.8 Å². The van der Waals surface area contributed by atoms with Gasteiger partial charge in [-0.15, -0.1) is 0 Å². The van der Waals surface area contributed by atoms with Crippen molar-refractivity contribution in [1.29, 1.82) is 0 Å². The third kappa shape index (κ3) is 6.76. The van der Waals surface area contributed by atoms with E-state index in [-0.39, 0.29) is 29.3 Å². The maximum Gasteiger partial charge on any atom is 0.433 e. The van der Waals surface area contributed by atoms with Crippen LogP contribution in [0, 0.1) is 5.82 Å². The summed E-state index contributed by atoms with van der Waals surface area (Å²) in [5, 5.41) is 1.14. The highest BCUT2D eigenvalue weighted by Gasteiger charge is 2.33. The molecule has 0 fully saturated rings. The van der Waals surface area contributed by atoms with Crippen LogP contribution in [-0.4, -0.2) is 25.6 Å². The molecule has 6 nitrogen and oxygen atoms in total. The summed E-state index contributed by atoms with van der Waals surface area (Å²) in [5.41, 5.74) is 6.51. The number of pyridine rings is 1. The molecule has 3 N–H and O–H groups in total. The molecule has 1 aromatic heterocycles. The molecular formula is C27H29F4N3O3S. The number of hydrogen-bond acceptors (Lipinski definition) is 5. The maximum atomic E-state index is 14.6. The van der Waals surface area contributed by atoms with Crippen LogP contribution in [-0.2, 0) is 27.4 Å². The van der Waals surface area contributed by atoms with Crippen LogP contribution in [0.3, 0.4) is 0 Å². The van der Waals surface area contributed by atoms with Crippen LogP contribution in [0.4, 0.5) is 17.6 Å². The predicted octanol–water partition coefficient (Wildman–Crippen LogP) is 5.45. The number of nitrogens with zero attached hydrogens (tertiary/aromatic N) is 1. The molecule has 0 spiro atoms. The van der Waals surface area contributed by atoms with E-state index in [1.165, 1.54) is 25.1 Å². The average molecular weight is 552 g/mol. The molecule has 0 aliphatic rings.